The van der Waals surface area contributed by atoms with Crippen LogP contribution in [0.3, 0.4) is 0 Å². The van der Waals surface area contributed by atoms with Gasteiger partial charge in [-0.2, -0.15) is 8.78 Å². The summed E-state index contributed by atoms with van der Waals surface area (Å²) >= 11 is 0. The lowest BCUT2D eigenvalue weighted by atomic mass is 10.1. The molecule has 0 aliphatic rings. The first-order valence-corrected chi connectivity index (χ1v) is 8.05. The Morgan fingerprint density at radius 3 is 2.50 bits per heavy atom. The molecule has 1 aromatic carbocycles. The molecule has 4 nitrogen and oxygen atoms in total. The van der Waals surface area contributed by atoms with E-state index in [2.05, 4.69) is 5.32 Å². The molecule has 0 saturated heterocycles. The van der Waals surface area contributed by atoms with E-state index >= 15 is 0 Å². The first-order valence-electron chi connectivity index (χ1n) is 6.51. The van der Waals surface area contributed by atoms with E-state index in [0.29, 0.717) is 6.54 Å². The quantitative estimate of drug-likeness (QED) is 0.774. The normalized spacial score (nSPS) is 13.4. The van der Waals surface area contributed by atoms with Gasteiger partial charge in [0.05, 0.1) is 10.6 Å². The number of halogens is 2. The number of anilines is 1. The van der Waals surface area contributed by atoms with Crippen LogP contribution in [0, 0.1) is 0 Å². The second-order valence-corrected chi connectivity index (χ2v) is 6.41. The Kier molecular flexibility index (Phi) is 6.35. The molecule has 0 aliphatic carbocycles. The summed E-state index contributed by atoms with van der Waals surface area (Å²) in [5.41, 5.74) is 5.80. The molecule has 3 N–H and O–H groups in total. The Labute approximate surface area is 118 Å². The van der Waals surface area contributed by atoms with Crippen molar-refractivity contribution < 1.29 is 17.2 Å². The molecule has 0 saturated carbocycles. The topological polar surface area (TPSA) is 72.2 Å². The number of nitrogens with one attached hydrogen (secondary N) is 1. The summed E-state index contributed by atoms with van der Waals surface area (Å²) in [6, 6.07) is 5.54. The number of hydrogen-bond acceptors (Lipinski definition) is 4. The highest BCUT2D eigenvalue weighted by atomic mass is 32.2. The van der Waals surface area contributed by atoms with Gasteiger partial charge in [-0.05, 0) is 18.6 Å². The highest BCUT2D eigenvalue weighted by Crippen LogP contribution is 2.26. The van der Waals surface area contributed by atoms with Crippen molar-refractivity contribution in [1.82, 2.24) is 0 Å². The lowest BCUT2D eigenvalue weighted by Crippen LogP contribution is -2.29. The fourth-order valence-corrected chi connectivity index (χ4v) is 2.74. The SMILES string of the molecule is CCCCC(CN)Nc1ccccc1S(=O)(=O)C(F)F. The molecule has 114 valence electrons. The second kappa shape index (κ2) is 7.54. The number of hydrogen-bond donors (Lipinski definition) is 2. The van der Waals surface area contributed by atoms with Crippen molar-refractivity contribution in [3.8, 4) is 0 Å². The van der Waals surface area contributed by atoms with Crippen molar-refractivity contribution in [2.75, 3.05) is 11.9 Å². The van der Waals surface area contributed by atoms with E-state index < -0.39 is 15.6 Å². The molecule has 0 heterocycles. The first-order chi connectivity index (χ1) is 9.43. The van der Waals surface area contributed by atoms with Gasteiger partial charge in [-0.15, -0.1) is 0 Å². The third-order valence-electron chi connectivity index (χ3n) is 2.98. The van der Waals surface area contributed by atoms with Crippen LogP contribution in [0.2, 0.25) is 0 Å². The van der Waals surface area contributed by atoms with E-state index in [1.165, 1.54) is 18.2 Å². The van der Waals surface area contributed by atoms with Crippen LogP contribution in [-0.2, 0) is 9.84 Å². The van der Waals surface area contributed by atoms with Crippen molar-refractivity contribution in [2.45, 2.75) is 42.9 Å². The first kappa shape index (κ1) is 16.8. The summed E-state index contributed by atoms with van der Waals surface area (Å²) in [5.74, 6) is -3.43. The molecule has 1 aromatic rings. The van der Waals surface area contributed by atoms with E-state index in [4.69, 9.17) is 5.73 Å². The number of unbranched alkanes of at least 4 members (excludes halogenated alkanes) is 1. The Bertz CT molecular complexity index is 521. The molecule has 20 heavy (non-hydrogen) atoms. The van der Waals surface area contributed by atoms with Gasteiger partial charge in [-0.25, -0.2) is 8.42 Å². The predicted octanol–water partition coefficient (Wildman–Crippen LogP) is 2.61. The maximum Gasteiger partial charge on any atom is 0.341 e. The average molecular weight is 306 g/mol. The zero-order valence-corrected chi connectivity index (χ0v) is 12.2. The van der Waals surface area contributed by atoms with E-state index in [1.54, 1.807) is 6.07 Å². The zero-order valence-electron chi connectivity index (χ0n) is 11.4. The number of rotatable bonds is 8. The maximum atomic E-state index is 12.7. The molecule has 1 rings (SSSR count). The lowest BCUT2D eigenvalue weighted by Gasteiger charge is -2.20. The Morgan fingerprint density at radius 1 is 1.30 bits per heavy atom. The molecule has 0 radical (unpaired) electrons. The third-order valence-corrected chi connectivity index (χ3v) is 4.42. The van der Waals surface area contributed by atoms with Gasteiger partial charge < -0.3 is 11.1 Å². The number of benzene rings is 1. The van der Waals surface area contributed by atoms with Gasteiger partial charge in [-0.3, -0.25) is 0 Å². The van der Waals surface area contributed by atoms with Crippen LogP contribution in [0.15, 0.2) is 29.2 Å². The van der Waals surface area contributed by atoms with Gasteiger partial charge >= 0.3 is 5.76 Å². The zero-order chi connectivity index (χ0) is 15.2. The van der Waals surface area contributed by atoms with Gasteiger partial charge in [0, 0.05) is 12.6 Å². The van der Waals surface area contributed by atoms with E-state index in [-0.39, 0.29) is 16.6 Å². The van der Waals surface area contributed by atoms with Crippen molar-refractivity contribution >= 4 is 15.5 Å². The summed E-state index contributed by atoms with van der Waals surface area (Å²) in [6.07, 6.45) is 2.67. The van der Waals surface area contributed by atoms with Crippen LogP contribution in [0.25, 0.3) is 0 Å². The third kappa shape index (κ3) is 4.14. The van der Waals surface area contributed by atoms with E-state index in [0.717, 1.165) is 19.3 Å². The molecule has 0 aliphatic heterocycles. The van der Waals surface area contributed by atoms with Crippen LogP contribution in [-0.4, -0.2) is 26.8 Å². The maximum absolute atomic E-state index is 12.7. The predicted molar refractivity (Wildman–Crippen MR) is 75.6 cm³/mol. The number of alkyl halides is 2. The minimum atomic E-state index is -4.62. The van der Waals surface area contributed by atoms with E-state index in [9.17, 15) is 17.2 Å². The number of para-hydroxylation sites is 1. The van der Waals surface area contributed by atoms with Gasteiger partial charge in [0.1, 0.15) is 0 Å². The van der Waals surface area contributed by atoms with Gasteiger partial charge in [0.25, 0.3) is 0 Å². The van der Waals surface area contributed by atoms with Gasteiger partial charge in [0.15, 0.2) is 0 Å². The highest BCUT2D eigenvalue weighted by molar-refractivity contribution is 7.91. The van der Waals surface area contributed by atoms with Crippen molar-refractivity contribution in [2.24, 2.45) is 5.73 Å². The smallest absolute Gasteiger partial charge is 0.341 e. The molecule has 0 amide bonds. The monoisotopic (exact) mass is 306 g/mol. The highest BCUT2D eigenvalue weighted by Gasteiger charge is 2.29. The van der Waals surface area contributed by atoms with Crippen LogP contribution in [0.4, 0.5) is 14.5 Å². The van der Waals surface area contributed by atoms with Crippen LogP contribution in [0.5, 0.6) is 0 Å². The van der Waals surface area contributed by atoms with E-state index in [1.807, 2.05) is 6.92 Å². The molecule has 1 atom stereocenters. The molecule has 7 heteroatoms. The summed E-state index contributed by atoms with van der Waals surface area (Å²) in [7, 11) is -4.62. The molecule has 0 spiro atoms. The summed E-state index contributed by atoms with van der Waals surface area (Å²) in [5, 5.41) is 2.96. The van der Waals surface area contributed by atoms with Crippen LogP contribution in [0.1, 0.15) is 26.2 Å². The number of sulfone groups is 1. The Balaban J connectivity index is 3.02. The van der Waals surface area contributed by atoms with Crippen LogP contribution < -0.4 is 11.1 Å². The van der Waals surface area contributed by atoms with Crippen molar-refractivity contribution in [1.29, 1.82) is 0 Å². The largest absolute Gasteiger partial charge is 0.380 e. The molecule has 0 aromatic heterocycles. The second-order valence-electron chi connectivity index (χ2n) is 4.52. The molecular formula is C13H20F2N2O2S. The fraction of sp³-hybridized carbons (Fsp3) is 0.538. The van der Waals surface area contributed by atoms with Crippen molar-refractivity contribution in [3.63, 3.8) is 0 Å². The minimum Gasteiger partial charge on any atom is -0.380 e. The Morgan fingerprint density at radius 2 is 1.95 bits per heavy atom. The Hall–Kier alpha value is -1.21. The standard InChI is InChI=1S/C13H20F2N2O2S/c1-2-3-6-10(9-16)17-11-7-4-5-8-12(11)20(18,19)13(14)15/h4-5,7-8,10,13,17H,2-3,6,9,16H2,1H3. The lowest BCUT2D eigenvalue weighted by molar-refractivity contribution is 0.235. The summed E-state index contributed by atoms with van der Waals surface area (Å²) < 4.78 is 48.6. The summed E-state index contributed by atoms with van der Waals surface area (Å²) in [6.45, 7) is 2.34. The molecule has 0 fully saturated rings. The molecular weight excluding hydrogens is 286 g/mol. The number of nitrogens with two attached hydrogens (primary N) is 1. The summed E-state index contributed by atoms with van der Waals surface area (Å²) in [4.78, 5) is -0.384. The fourth-order valence-electron chi connectivity index (χ4n) is 1.85. The van der Waals surface area contributed by atoms with Crippen LogP contribution >= 0.6 is 0 Å². The van der Waals surface area contributed by atoms with Gasteiger partial charge in [-0.1, -0.05) is 31.9 Å². The molecule has 0 bridgehead atoms. The minimum absolute atomic E-state index is 0.135. The van der Waals surface area contributed by atoms with Gasteiger partial charge in [0.2, 0.25) is 9.84 Å². The average Bonchev–Trinajstić information content (AvgIpc) is 2.43. The molecule has 1 unspecified atom stereocenters. The van der Waals surface area contributed by atoms with Crippen molar-refractivity contribution in [3.05, 3.63) is 24.3 Å².